The minimum atomic E-state index is 0.109. The zero-order chi connectivity index (χ0) is 16.2. The molecule has 2 heterocycles. The minimum absolute atomic E-state index is 0.109. The molecule has 2 atom stereocenters. The highest BCUT2D eigenvalue weighted by Gasteiger charge is 2.22. The molecule has 1 aliphatic rings. The minimum Gasteiger partial charge on any atom is -0.354 e. The van der Waals surface area contributed by atoms with Crippen molar-refractivity contribution in [2.75, 3.05) is 31.6 Å². The van der Waals surface area contributed by atoms with Crippen molar-refractivity contribution in [3.8, 4) is 0 Å². The van der Waals surface area contributed by atoms with E-state index in [1.807, 2.05) is 37.0 Å². The van der Waals surface area contributed by atoms with E-state index in [-0.39, 0.29) is 11.8 Å². The third-order valence-corrected chi connectivity index (χ3v) is 6.67. The van der Waals surface area contributed by atoms with E-state index in [4.69, 9.17) is 0 Å². The third-order valence-electron chi connectivity index (χ3n) is 4.26. The zero-order valence-electron chi connectivity index (χ0n) is 13.6. The zero-order valence-corrected chi connectivity index (χ0v) is 15.3. The Hall–Kier alpha value is -1.11. The summed E-state index contributed by atoms with van der Waals surface area (Å²) in [6.07, 6.45) is 1.19. The molecule has 1 aromatic heterocycles. The van der Waals surface area contributed by atoms with E-state index in [9.17, 15) is 4.79 Å². The molecule has 0 aliphatic carbocycles. The van der Waals surface area contributed by atoms with Gasteiger partial charge in [0.05, 0.1) is 21.8 Å². The quantitative estimate of drug-likeness (QED) is 0.871. The molecule has 0 unspecified atom stereocenters. The van der Waals surface area contributed by atoms with Gasteiger partial charge in [0, 0.05) is 24.3 Å². The average Bonchev–Trinajstić information content (AvgIpc) is 3.21. The number of likely N-dealkylation sites (N-methyl/N-ethyl adjacent to an activating group) is 1. The van der Waals surface area contributed by atoms with Crippen molar-refractivity contribution in [1.29, 1.82) is 0 Å². The topological polar surface area (TPSA) is 45.2 Å². The van der Waals surface area contributed by atoms with Crippen LogP contribution in [0.1, 0.15) is 24.3 Å². The fourth-order valence-electron chi connectivity index (χ4n) is 2.74. The number of hydrogen-bond acceptors (Lipinski definition) is 5. The first kappa shape index (κ1) is 16.7. The highest BCUT2D eigenvalue weighted by molar-refractivity contribution is 7.99. The number of para-hydroxylation sites is 1. The lowest BCUT2D eigenvalue weighted by atomic mass is 10.2. The fraction of sp³-hybridized carbons (Fsp3) is 0.529. The number of fused-ring (bicyclic) bond motifs is 1. The molecule has 0 spiro atoms. The van der Waals surface area contributed by atoms with Crippen LogP contribution in [0.3, 0.4) is 0 Å². The summed E-state index contributed by atoms with van der Waals surface area (Å²) in [5.41, 5.74) is 1.05. The molecule has 1 N–H and O–H groups in total. The van der Waals surface area contributed by atoms with Crippen LogP contribution in [0.5, 0.6) is 0 Å². The lowest BCUT2D eigenvalue weighted by molar-refractivity contribution is -0.122. The Morgan fingerprint density at radius 1 is 1.48 bits per heavy atom. The monoisotopic (exact) mass is 349 g/mol. The summed E-state index contributed by atoms with van der Waals surface area (Å²) in [5, 5.41) is 4.15. The predicted octanol–water partition coefficient (Wildman–Crippen LogP) is 2.95. The molecular formula is C17H23N3OS2. The van der Waals surface area contributed by atoms with Gasteiger partial charge in [0.15, 0.2) is 0 Å². The van der Waals surface area contributed by atoms with Gasteiger partial charge in [-0.15, -0.1) is 11.3 Å². The number of nitrogens with one attached hydrogen (secondary N) is 1. The van der Waals surface area contributed by atoms with Gasteiger partial charge in [-0.05, 0) is 31.4 Å². The lowest BCUT2D eigenvalue weighted by Crippen LogP contribution is -2.41. The first-order valence-corrected chi connectivity index (χ1v) is 10.0. The molecule has 3 rings (SSSR count). The standard InChI is InChI=1S/C17H23N3OS2/c1-12(17-19-14-5-3-4-6-15(14)23-17)9-18-16(21)10-20(2)13-7-8-22-11-13/h3-6,12-13H,7-11H2,1-2H3,(H,18,21)/t12-,13-/m0/s1. The number of aromatic nitrogens is 1. The molecule has 1 aromatic carbocycles. The summed E-state index contributed by atoms with van der Waals surface area (Å²) in [6.45, 7) is 3.25. The largest absolute Gasteiger partial charge is 0.354 e. The predicted molar refractivity (Wildman–Crippen MR) is 99.4 cm³/mol. The summed E-state index contributed by atoms with van der Waals surface area (Å²) < 4.78 is 1.21. The van der Waals surface area contributed by atoms with Crippen LogP contribution in [-0.4, -0.2) is 53.5 Å². The molecule has 124 valence electrons. The molecule has 1 fully saturated rings. The second-order valence-electron chi connectivity index (χ2n) is 6.16. The van der Waals surface area contributed by atoms with E-state index in [1.165, 1.54) is 16.9 Å². The van der Waals surface area contributed by atoms with E-state index in [0.29, 0.717) is 19.1 Å². The third kappa shape index (κ3) is 4.25. The maximum Gasteiger partial charge on any atom is 0.234 e. The van der Waals surface area contributed by atoms with Gasteiger partial charge >= 0.3 is 0 Å². The van der Waals surface area contributed by atoms with Crippen LogP contribution in [0, 0.1) is 0 Å². The van der Waals surface area contributed by atoms with Crippen molar-refractivity contribution in [2.45, 2.75) is 25.3 Å². The van der Waals surface area contributed by atoms with Gasteiger partial charge in [0.1, 0.15) is 0 Å². The Balaban J connectivity index is 1.49. The number of hydrogen-bond donors (Lipinski definition) is 1. The Kier molecular flexibility index (Phi) is 5.56. The second kappa shape index (κ2) is 7.64. The van der Waals surface area contributed by atoms with Gasteiger partial charge in [-0.3, -0.25) is 9.69 Å². The van der Waals surface area contributed by atoms with Gasteiger partial charge in [0.25, 0.3) is 0 Å². The Bertz CT molecular complexity index is 634. The summed E-state index contributed by atoms with van der Waals surface area (Å²) in [7, 11) is 2.05. The molecule has 1 aliphatic heterocycles. The maximum atomic E-state index is 12.1. The van der Waals surface area contributed by atoms with Gasteiger partial charge in [-0.1, -0.05) is 19.1 Å². The molecule has 23 heavy (non-hydrogen) atoms. The van der Waals surface area contributed by atoms with Gasteiger partial charge in [0.2, 0.25) is 5.91 Å². The molecule has 0 saturated carbocycles. The summed E-state index contributed by atoms with van der Waals surface area (Å²) in [5.74, 6) is 2.71. The summed E-state index contributed by atoms with van der Waals surface area (Å²) in [4.78, 5) is 19.0. The first-order chi connectivity index (χ1) is 11.1. The number of benzene rings is 1. The van der Waals surface area contributed by atoms with Crippen LogP contribution in [-0.2, 0) is 4.79 Å². The smallest absolute Gasteiger partial charge is 0.234 e. The molecule has 1 amide bonds. The van der Waals surface area contributed by atoms with Crippen LogP contribution >= 0.6 is 23.1 Å². The van der Waals surface area contributed by atoms with Gasteiger partial charge in [-0.25, -0.2) is 4.98 Å². The summed E-state index contributed by atoms with van der Waals surface area (Å²) in [6, 6.07) is 8.72. The van der Waals surface area contributed by atoms with Crippen LogP contribution in [0.15, 0.2) is 24.3 Å². The van der Waals surface area contributed by atoms with Gasteiger partial charge < -0.3 is 5.32 Å². The number of thiazole rings is 1. The lowest BCUT2D eigenvalue weighted by Gasteiger charge is -2.23. The molecule has 6 heteroatoms. The van der Waals surface area contributed by atoms with E-state index < -0.39 is 0 Å². The van der Waals surface area contributed by atoms with Crippen LogP contribution in [0.2, 0.25) is 0 Å². The average molecular weight is 350 g/mol. The molecule has 2 aromatic rings. The van der Waals surface area contributed by atoms with Gasteiger partial charge in [-0.2, -0.15) is 11.8 Å². The van der Waals surface area contributed by atoms with E-state index in [2.05, 4.69) is 28.2 Å². The maximum absolute atomic E-state index is 12.1. The van der Waals surface area contributed by atoms with Crippen LogP contribution in [0.4, 0.5) is 0 Å². The van der Waals surface area contributed by atoms with E-state index in [1.54, 1.807) is 11.3 Å². The fourth-order valence-corrected chi connectivity index (χ4v) is 5.05. The SMILES string of the molecule is C[C@@H](CNC(=O)CN(C)[C@H]1CCSC1)c1nc2ccccc2s1. The molecule has 1 saturated heterocycles. The van der Waals surface area contributed by atoms with Crippen molar-refractivity contribution in [3.63, 3.8) is 0 Å². The van der Waals surface area contributed by atoms with Crippen molar-refractivity contribution in [2.24, 2.45) is 0 Å². The van der Waals surface area contributed by atoms with Crippen LogP contribution < -0.4 is 5.32 Å². The Labute approximate surface area is 145 Å². The number of carbonyl (C=O) groups excluding carboxylic acids is 1. The molecule has 4 nitrogen and oxygen atoms in total. The molecule has 0 radical (unpaired) electrons. The van der Waals surface area contributed by atoms with Crippen molar-refractivity contribution in [1.82, 2.24) is 15.2 Å². The number of amides is 1. The van der Waals surface area contributed by atoms with E-state index in [0.717, 1.165) is 16.3 Å². The van der Waals surface area contributed by atoms with E-state index >= 15 is 0 Å². The summed E-state index contributed by atoms with van der Waals surface area (Å²) >= 11 is 3.69. The van der Waals surface area contributed by atoms with Crippen LogP contribution in [0.25, 0.3) is 10.2 Å². The first-order valence-electron chi connectivity index (χ1n) is 8.03. The number of nitrogens with zero attached hydrogens (tertiary/aromatic N) is 2. The molecular weight excluding hydrogens is 326 g/mol. The number of carbonyl (C=O) groups is 1. The Morgan fingerprint density at radius 3 is 3.04 bits per heavy atom. The highest BCUT2D eigenvalue weighted by atomic mass is 32.2. The normalized spacial score (nSPS) is 19.3. The highest BCUT2D eigenvalue weighted by Crippen LogP contribution is 2.26. The molecule has 0 bridgehead atoms. The second-order valence-corrected chi connectivity index (χ2v) is 8.37. The number of thioether (sulfide) groups is 1. The van der Waals surface area contributed by atoms with Crippen molar-refractivity contribution >= 4 is 39.2 Å². The Morgan fingerprint density at radius 2 is 2.30 bits per heavy atom. The van der Waals surface area contributed by atoms with Crippen molar-refractivity contribution in [3.05, 3.63) is 29.3 Å². The van der Waals surface area contributed by atoms with Crippen molar-refractivity contribution < 1.29 is 4.79 Å². The number of rotatable bonds is 6.